The fourth-order valence-electron chi connectivity index (χ4n) is 6.78. The minimum absolute atomic E-state index is 0.235. The lowest BCUT2D eigenvalue weighted by Gasteiger charge is -2.36. The van der Waals surface area contributed by atoms with Gasteiger partial charge < -0.3 is 19.7 Å². The third-order valence-corrected chi connectivity index (χ3v) is 8.99. The number of hydrogen-bond donors (Lipinski definition) is 2. The van der Waals surface area contributed by atoms with E-state index in [9.17, 15) is 24.3 Å². The number of nitrogens with one attached hydrogen (secondary N) is 1. The van der Waals surface area contributed by atoms with Crippen LogP contribution < -0.4 is 9.64 Å². The highest BCUT2D eigenvalue weighted by Crippen LogP contribution is 2.45. The molecule has 0 bridgehead atoms. The first kappa shape index (κ1) is 26.8. The van der Waals surface area contributed by atoms with Crippen LogP contribution in [0.3, 0.4) is 0 Å². The maximum Gasteiger partial charge on any atom is 0.332 e. The Bertz CT molecular complexity index is 1770. The Morgan fingerprint density at radius 1 is 0.930 bits per heavy atom. The van der Waals surface area contributed by atoms with Crippen LogP contribution in [0, 0.1) is 5.92 Å². The van der Waals surface area contributed by atoms with Crippen LogP contribution in [0.2, 0.25) is 0 Å². The number of urea groups is 1. The Morgan fingerprint density at radius 2 is 1.63 bits per heavy atom. The van der Waals surface area contributed by atoms with Crippen molar-refractivity contribution >= 4 is 40.4 Å². The molecular weight excluding hydrogens is 548 g/mol. The quantitative estimate of drug-likeness (QED) is 0.334. The van der Waals surface area contributed by atoms with E-state index in [1.165, 1.54) is 0 Å². The first-order valence-electron chi connectivity index (χ1n) is 14.4. The van der Waals surface area contributed by atoms with E-state index in [4.69, 9.17) is 4.74 Å². The van der Waals surface area contributed by atoms with Gasteiger partial charge in [0.25, 0.3) is 11.8 Å². The molecule has 2 N–H and O–H groups in total. The Kier molecular flexibility index (Phi) is 6.41. The number of imide groups is 1. The lowest BCUT2D eigenvalue weighted by Crippen LogP contribution is -2.44. The van der Waals surface area contributed by atoms with Crippen LogP contribution in [0.5, 0.6) is 5.75 Å². The third-order valence-electron chi connectivity index (χ3n) is 8.99. The van der Waals surface area contributed by atoms with E-state index in [2.05, 4.69) is 4.98 Å². The topological polar surface area (TPSA) is 123 Å². The number of likely N-dealkylation sites (tertiary alicyclic amines) is 1. The van der Waals surface area contributed by atoms with Crippen molar-refractivity contribution in [1.29, 1.82) is 0 Å². The number of carbonyl (C=O) groups excluding carboxylic acids is 3. The molecule has 7 rings (SSSR count). The summed E-state index contributed by atoms with van der Waals surface area (Å²) < 4.78 is 5.36. The number of carbonyl (C=O) groups is 4. The molecule has 43 heavy (non-hydrogen) atoms. The number of rotatable bonds is 5. The number of amides is 4. The second kappa shape index (κ2) is 10.3. The van der Waals surface area contributed by atoms with E-state index in [-0.39, 0.29) is 23.1 Å². The molecule has 1 aromatic heterocycles. The molecular formula is C33H30N4O6. The summed E-state index contributed by atoms with van der Waals surface area (Å²) in [6, 6.07) is 20.2. The molecule has 4 heterocycles. The number of hydrogen-bond acceptors (Lipinski definition) is 5. The average molecular weight is 579 g/mol. The molecule has 0 spiro atoms. The summed E-state index contributed by atoms with van der Waals surface area (Å²) in [5.41, 5.74) is 4.09. The van der Waals surface area contributed by atoms with Gasteiger partial charge in [-0.25, -0.2) is 9.69 Å². The van der Waals surface area contributed by atoms with Crippen molar-refractivity contribution in [2.24, 2.45) is 5.92 Å². The number of carboxylic acid groups (broad SMARTS) is 1. The lowest BCUT2D eigenvalue weighted by atomic mass is 9.89. The Morgan fingerprint density at radius 3 is 2.35 bits per heavy atom. The molecule has 0 saturated carbocycles. The minimum Gasteiger partial charge on any atom is -0.497 e. The van der Waals surface area contributed by atoms with Crippen molar-refractivity contribution in [2.75, 3.05) is 25.1 Å². The predicted octanol–water partition coefficient (Wildman–Crippen LogP) is 4.60. The zero-order valence-corrected chi connectivity index (χ0v) is 23.5. The van der Waals surface area contributed by atoms with Crippen LogP contribution in [0.15, 0.2) is 72.8 Å². The van der Waals surface area contributed by atoms with Gasteiger partial charge in [0.1, 0.15) is 17.8 Å². The number of aliphatic carboxylic acids is 1. The van der Waals surface area contributed by atoms with Gasteiger partial charge in [0.05, 0.1) is 24.3 Å². The number of H-pyrrole nitrogens is 1. The van der Waals surface area contributed by atoms with Crippen LogP contribution in [-0.4, -0.2) is 69.9 Å². The maximum absolute atomic E-state index is 14.4. The number of aromatic amines is 1. The number of fused-ring (bicyclic) bond motifs is 4. The Labute approximate surface area is 247 Å². The monoisotopic (exact) mass is 578 g/mol. The molecule has 3 aliphatic heterocycles. The van der Waals surface area contributed by atoms with Gasteiger partial charge in [-0.05, 0) is 54.3 Å². The van der Waals surface area contributed by atoms with Crippen LogP contribution in [0.1, 0.15) is 46.1 Å². The molecule has 0 radical (unpaired) electrons. The molecule has 10 heteroatoms. The third kappa shape index (κ3) is 4.24. The zero-order valence-electron chi connectivity index (χ0n) is 23.5. The average Bonchev–Trinajstić information content (AvgIpc) is 3.53. The summed E-state index contributed by atoms with van der Waals surface area (Å²) in [5, 5.41) is 10.4. The highest BCUT2D eigenvalue weighted by atomic mass is 16.5. The van der Waals surface area contributed by atoms with Crippen molar-refractivity contribution in [3.63, 3.8) is 0 Å². The predicted molar refractivity (Wildman–Crippen MR) is 158 cm³/mol. The van der Waals surface area contributed by atoms with Gasteiger partial charge in [-0.15, -0.1) is 0 Å². The van der Waals surface area contributed by atoms with E-state index in [0.29, 0.717) is 38.1 Å². The van der Waals surface area contributed by atoms with E-state index in [1.54, 1.807) is 41.2 Å². The summed E-state index contributed by atoms with van der Waals surface area (Å²) in [5.74, 6) is -1.38. The van der Waals surface area contributed by atoms with Gasteiger partial charge in [0, 0.05) is 36.1 Å². The highest BCUT2D eigenvalue weighted by molar-refractivity contribution is 6.24. The molecule has 0 unspecified atom stereocenters. The van der Waals surface area contributed by atoms with Gasteiger partial charge >= 0.3 is 12.0 Å². The number of carboxylic acids is 1. The van der Waals surface area contributed by atoms with Crippen molar-refractivity contribution in [3.8, 4) is 5.75 Å². The molecule has 218 valence electrons. The van der Waals surface area contributed by atoms with Gasteiger partial charge in [0.2, 0.25) is 0 Å². The molecule has 4 amide bonds. The normalized spacial score (nSPS) is 20.3. The van der Waals surface area contributed by atoms with Gasteiger partial charge in [0.15, 0.2) is 0 Å². The fourth-order valence-corrected chi connectivity index (χ4v) is 6.78. The van der Waals surface area contributed by atoms with E-state index < -0.39 is 30.0 Å². The molecule has 0 aliphatic carbocycles. The number of methoxy groups -OCH3 is 1. The number of piperidine rings is 1. The van der Waals surface area contributed by atoms with Crippen molar-refractivity contribution in [1.82, 2.24) is 14.8 Å². The minimum atomic E-state index is -0.860. The SMILES string of the molecule is COc1ccc([C@H]2c3[nH]c4ccccc4c3C[C@H]3C(=O)N(c4ccccc4C(=O)N4CCC(C(=O)O)CC4)C(=O)N23)cc1. The smallest absolute Gasteiger partial charge is 0.332 e. The number of para-hydroxylation sites is 2. The fraction of sp³-hybridized carbons (Fsp3) is 0.273. The van der Waals surface area contributed by atoms with E-state index in [0.717, 1.165) is 32.6 Å². The van der Waals surface area contributed by atoms with Crippen molar-refractivity contribution in [3.05, 3.63) is 95.2 Å². The zero-order chi connectivity index (χ0) is 29.8. The summed E-state index contributed by atoms with van der Waals surface area (Å²) in [7, 11) is 1.59. The Hall–Kier alpha value is -5.12. The largest absolute Gasteiger partial charge is 0.497 e. The van der Waals surface area contributed by atoms with Crippen LogP contribution in [0.25, 0.3) is 10.9 Å². The summed E-state index contributed by atoms with van der Waals surface area (Å²) in [4.78, 5) is 61.6. The number of benzene rings is 3. The summed E-state index contributed by atoms with van der Waals surface area (Å²) >= 11 is 0. The molecule has 2 fully saturated rings. The second-order valence-electron chi connectivity index (χ2n) is 11.2. The molecule has 2 atom stereocenters. The number of aromatic nitrogens is 1. The standard InChI is InChI=1S/C33H30N4O6/c1-43-21-12-10-19(11-13-21)29-28-24(22-6-2-4-8-25(22)34-28)18-27-31(39)37(33(42)36(27)29)26-9-5-3-7-23(26)30(38)35-16-14-20(15-17-35)32(40)41/h2-13,20,27,29,34H,14-18H2,1H3,(H,40,41)/t27-,29-/m0/s1. The second-order valence-corrected chi connectivity index (χ2v) is 11.2. The lowest BCUT2D eigenvalue weighted by molar-refractivity contribution is -0.143. The van der Waals surface area contributed by atoms with E-state index in [1.807, 2.05) is 48.5 Å². The van der Waals surface area contributed by atoms with Crippen LogP contribution in [-0.2, 0) is 16.0 Å². The number of nitrogens with zero attached hydrogens (tertiary/aromatic N) is 3. The number of ether oxygens (including phenoxy) is 1. The van der Waals surface area contributed by atoms with Gasteiger partial charge in [-0.2, -0.15) is 0 Å². The number of anilines is 1. The Balaban J connectivity index is 1.28. The summed E-state index contributed by atoms with van der Waals surface area (Å²) in [6.45, 7) is 0.587. The van der Waals surface area contributed by atoms with Crippen LogP contribution >= 0.6 is 0 Å². The van der Waals surface area contributed by atoms with Crippen LogP contribution in [0.4, 0.5) is 10.5 Å². The molecule has 4 aromatic rings. The molecule has 3 aromatic carbocycles. The first-order chi connectivity index (χ1) is 20.9. The first-order valence-corrected chi connectivity index (χ1v) is 14.4. The maximum atomic E-state index is 14.4. The summed E-state index contributed by atoms with van der Waals surface area (Å²) in [6.07, 6.45) is 1.05. The van der Waals surface area contributed by atoms with Crippen molar-refractivity contribution in [2.45, 2.75) is 31.3 Å². The van der Waals surface area contributed by atoms with Gasteiger partial charge in [-0.3, -0.25) is 19.3 Å². The van der Waals surface area contributed by atoms with Crippen molar-refractivity contribution < 1.29 is 29.0 Å². The molecule has 10 nitrogen and oxygen atoms in total. The van der Waals surface area contributed by atoms with Gasteiger partial charge in [-0.1, -0.05) is 42.5 Å². The molecule has 2 saturated heterocycles. The van der Waals surface area contributed by atoms with E-state index >= 15 is 0 Å². The molecule has 3 aliphatic rings. The highest BCUT2D eigenvalue weighted by Gasteiger charge is 2.53.